The second-order valence-electron chi connectivity index (χ2n) is 5.45. The lowest BCUT2D eigenvalue weighted by Crippen LogP contribution is -2.31. The van der Waals surface area contributed by atoms with Crippen LogP contribution >= 0.6 is 15.9 Å². The van der Waals surface area contributed by atoms with Crippen LogP contribution in [0.15, 0.2) is 22.7 Å². The van der Waals surface area contributed by atoms with Crippen LogP contribution in [0.1, 0.15) is 38.2 Å². The smallest absolute Gasteiger partial charge is 0.126 e. The zero-order valence-corrected chi connectivity index (χ0v) is 12.4. The monoisotopic (exact) mass is 313 g/mol. The van der Waals surface area contributed by atoms with E-state index >= 15 is 0 Å². The maximum absolute atomic E-state index is 13.7. The standard InChI is InChI=1S/C15H21BrFN/c1-2-10-3-4-11(7-10)15(18)9-12-8-13(16)5-6-14(12)17/h5-6,8,10-11,15H,2-4,7,9,18H2,1H3. The normalized spacial score (nSPS) is 25.3. The third kappa shape index (κ3) is 3.33. The van der Waals surface area contributed by atoms with Crippen molar-refractivity contribution >= 4 is 15.9 Å². The zero-order valence-electron chi connectivity index (χ0n) is 10.8. The summed E-state index contributed by atoms with van der Waals surface area (Å²) < 4.78 is 14.6. The number of halogens is 2. The molecule has 1 aliphatic rings. The second-order valence-corrected chi connectivity index (χ2v) is 6.37. The van der Waals surface area contributed by atoms with Gasteiger partial charge >= 0.3 is 0 Å². The minimum atomic E-state index is -0.140. The quantitative estimate of drug-likeness (QED) is 0.882. The van der Waals surface area contributed by atoms with Crippen molar-refractivity contribution in [3.63, 3.8) is 0 Å². The van der Waals surface area contributed by atoms with Crippen LogP contribution in [0, 0.1) is 17.7 Å². The van der Waals surface area contributed by atoms with Gasteiger partial charge in [-0.1, -0.05) is 35.7 Å². The van der Waals surface area contributed by atoms with E-state index in [4.69, 9.17) is 5.73 Å². The molecular weight excluding hydrogens is 293 g/mol. The van der Waals surface area contributed by atoms with Gasteiger partial charge in [-0.05, 0) is 54.9 Å². The molecule has 1 nitrogen and oxygen atoms in total. The molecule has 0 saturated heterocycles. The van der Waals surface area contributed by atoms with Crippen LogP contribution < -0.4 is 5.73 Å². The Kier molecular flexibility index (Phi) is 4.79. The summed E-state index contributed by atoms with van der Waals surface area (Å²) in [4.78, 5) is 0. The fourth-order valence-electron chi connectivity index (χ4n) is 2.99. The molecule has 3 atom stereocenters. The SMILES string of the molecule is CCC1CCC(C(N)Cc2cc(Br)ccc2F)C1. The van der Waals surface area contributed by atoms with Gasteiger partial charge in [-0.3, -0.25) is 0 Å². The van der Waals surface area contributed by atoms with Crippen molar-refractivity contribution in [2.75, 3.05) is 0 Å². The first kappa shape index (κ1) is 14.0. The Labute approximate surface area is 117 Å². The van der Waals surface area contributed by atoms with Crippen molar-refractivity contribution in [3.05, 3.63) is 34.1 Å². The van der Waals surface area contributed by atoms with E-state index in [1.165, 1.54) is 31.7 Å². The molecule has 0 aliphatic heterocycles. The van der Waals surface area contributed by atoms with Crippen LogP contribution in [0.25, 0.3) is 0 Å². The van der Waals surface area contributed by atoms with Crippen LogP contribution in [0.5, 0.6) is 0 Å². The molecule has 1 saturated carbocycles. The third-order valence-corrected chi connectivity index (χ3v) is 4.72. The first-order valence-electron chi connectivity index (χ1n) is 6.79. The van der Waals surface area contributed by atoms with E-state index < -0.39 is 0 Å². The summed E-state index contributed by atoms with van der Waals surface area (Å²) in [6.45, 7) is 2.24. The average Bonchev–Trinajstić information content (AvgIpc) is 2.82. The minimum absolute atomic E-state index is 0.0883. The summed E-state index contributed by atoms with van der Waals surface area (Å²) >= 11 is 3.38. The first-order valence-corrected chi connectivity index (χ1v) is 7.59. The lowest BCUT2D eigenvalue weighted by Gasteiger charge is -2.20. The Bertz CT molecular complexity index is 407. The van der Waals surface area contributed by atoms with Gasteiger partial charge in [-0.25, -0.2) is 4.39 Å². The molecule has 1 fully saturated rings. The molecular formula is C15H21BrFN. The second kappa shape index (κ2) is 6.16. The summed E-state index contributed by atoms with van der Waals surface area (Å²) in [5.74, 6) is 1.25. The van der Waals surface area contributed by atoms with Crippen LogP contribution in [0.2, 0.25) is 0 Å². The van der Waals surface area contributed by atoms with Gasteiger partial charge in [0.05, 0.1) is 0 Å². The van der Waals surface area contributed by atoms with Gasteiger partial charge < -0.3 is 5.73 Å². The van der Waals surface area contributed by atoms with E-state index in [0.29, 0.717) is 12.3 Å². The molecule has 0 heterocycles. The van der Waals surface area contributed by atoms with Gasteiger partial charge in [0.25, 0.3) is 0 Å². The molecule has 0 amide bonds. The average molecular weight is 314 g/mol. The Morgan fingerprint density at radius 1 is 1.44 bits per heavy atom. The fourth-order valence-corrected chi connectivity index (χ4v) is 3.40. The fraction of sp³-hybridized carbons (Fsp3) is 0.600. The van der Waals surface area contributed by atoms with E-state index in [9.17, 15) is 4.39 Å². The maximum Gasteiger partial charge on any atom is 0.126 e. The lowest BCUT2D eigenvalue weighted by atomic mass is 9.91. The molecule has 100 valence electrons. The predicted molar refractivity (Wildman–Crippen MR) is 76.9 cm³/mol. The van der Waals surface area contributed by atoms with E-state index in [-0.39, 0.29) is 11.9 Å². The first-order chi connectivity index (χ1) is 8.60. The summed E-state index contributed by atoms with van der Waals surface area (Å²) in [6, 6.07) is 5.18. The van der Waals surface area contributed by atoms with E-state index in [1.54, 1.807) is 6.07 Å². The summed E-state index contributed by atoms with van der Waals surface area (Å²) in [5.41, 5.74) is 7.00. The molecule has 2 rings (SSSR count). The van der Waals surface area contributed by atoms with E-state index in [2.05, 4.69) is 22.9 Å². The summed E-state index contributed by atoms with van der Waals surface area (Å²) in [5, 5.41) is 0. The van der Waals surface area contributed by atoms with Crippen molar-refractivity contribution in [1.29, 1.82) is 0 Å². The number of hydrogen-bond donors (Lipinski definition) is 1. The Hall–Kier alpha value is -0.410. The molecule has 0 spiro atoms. The van der Waals surface area contributed by atoms with Crippen molar-refractivity contribution in [2.45, 2.75) is 45.1 Å². The highest BCUT2D eigenvalue weighted by Crippen LogP contribution is 2.35. The van der Waals surface area contributed by atoms with E-state index in [0.717, 1.165) is 16.0 Å². The summed E-state index contributed by atoms with van der Waals surface area (Å²) in [6.07, 6.45) is 5.60. The number of nitrogens with two attached hydrogens (primary N) is 1. The third-order valence-electron chi connectivity index (χ3n) is 4.23. The van der Waals surface area contributed by atoms with Gasteiger partial charge in [0, 0.05) is 10.5 Å². The molecule has 3 unspecified atom stereocenters. The van der Waals surface area contributed by atoms with Crippen LogP contribution in [0.3, 0.4) is 0 Å². The van der Waals surface area contributed by atoms with Crippen LogP contribution in [-0.4, -0.2) is 6.04 Å². The van der Waals surface area contributed by atoms with Crippen LogP contribution in [0.4, 0.5) is 4.39 Å². The van der Waals surface area contributed by atoms with Crippen molar-refractivity contribution in [2.24, 2.45) is 17.6 Å². The maximum atomic E-state index is 13.7. The highest BCUT2D eigenvalue weighted by atomic mass is 79.9. The molecule has 1 aliphatic carbocycles. The predicted octanol–water partition coefficient (Wildman–Crippen LogP) is 4.28. The number of benzene rings is 1. The molecule has 1 aromatic rings. The van der Waals surface area contributed by atoms with E-state index in [1.807, 2.05) is 6.07 Å². The zero-order chi connectivity index (χ0) is 13.1. The summed E-state index contributed by atoms with van der Waals surface area (Å²) in [7, 11) is 0. The molecule has 0 aromatic heterocycles. The largest absolute Gasteiger partial charge is 0.327 e. The van der Waals surface area contributed by atoms with Gasteiger partial charge in [-0.2, -0.15) is 0 Å². The molecule has 2 N–H and O–H groups in total. The van der Waals surface area contributed by atoms with Crippen LogP contribution in [-0.2, 0) is 6.42 Å². The highest BCUT2D eigenvalue weighted by molar-refractivity contribution is 9.10. The van der Waals surface area contributed by atoms with Gasteiger partial charge in [-0.15, -0.1) is 0 Å². The molecule has 1 aromatic carbocycles. The topological polar surface area (TPSA) is 26.0 Å². The highest BCUT2D eigenvalue weighted by Gasteiger charge is 2.28. The Morgan fingerprint density at radius 3 is 2.89 bits per heavy atom. The lowest BCUT2D eigenvalue weighted by molar-refractivity contribution is 0.401. The number of hydrogen-bond acceptors (Lipinski definition) is 1. The Balaban J connectivity index is 1.98. The molecule has 0 radical (unpaired) electrons. The minimum Gasteiger partial charge on any atom is -0.327 e. The molecule has 3 heteroatoms. The van der Waals surface area contributed by atoms with Gasteiger partial charge in [0.1, 0.15) is 5.82 Å². The molecule has 0 bridgehead atoms. The Morgan fingerprint density at radius 2 is 2.22 bits per heavy atom. The number of rotatable bonds is 4. The van der Waals surface area contributed by atoms with Gasteiger partial charge in [0.2, 0.25) is 0 Å². The molecule has 18 heavy (non-hydrogen) atoms. The van der Waals surface area contributed by atoms with Crippen molar-refractivity contribution < 1.29 is 4.39 Å². The van der Waals surface area contributed by atoms with Crippen molar-refractivity contribution in [1.82, 2.24) is 0 Å². The van der Waals surface area contributed by atoms with Gasteiger partial charge in [0.15, 0.2) is 0 Å². The van der Waals surface area contributed by atoms with Crippen molar-refractivity contribution in [3.8, 4) is 0 Å².